The van der Waals surface area contributed by atoms with Crippen molar-refractivity contribution in [2.45, 2.75) is 13.0 Å². The van der Waals surface area contributed by atoms with Crippen LogP contribution in [0.2, 0.25) is 0 Å². The van der Waals surface area contributed by atoms with Crippen molar-refractivity contribution in [1.29, 1.82) is 0 Å². The fraction of sp³-hybridized carbons (Fsp3) is 0.500. The Hall–Kier alpha value is -1.07. The number of hydrogen-bond acceptors (Lipinski definition) is 5. The number of ether oxygens (including phenoxy) is 1. The summed E-state index contributed by atoms with van der Waals surface area (Å²) in [5, 5.41) is 0.585. The van der Waals surface area contributed by atoms with E-state index >= 15 is 0 Å². The number of anilines is 1. The minimum Gasteiger partial charge on any atom is -0.465 e. The van der Waals surface area contributed by atoms with Crippen LogP contribution in [0, 0.1) is 0 Å². The molecule has 2 heterocycles. The second kappa shape index (κ2) is 3.83. The van der Waals surface area contributed by atoms with Gasteiger partial charge in [-0.15, -0.1) is 11.3 Å². The van der Waals surface area contributed by atoms with E-state index in [-0.39, 0.29) is 7.40 Å². The summed E-state index contributed by atoms with van der Waals surface area (Å²) in [6, 6.07) is 0. The van der Waals surface area contributed by atoms with Gasteiger partial charge in [0.05, 0.1) is 12.7 Å². The summed E-state index contributed by atoms with van der Waals surface area (Å²) >= 11 is 1.50. The molecule has 1 aliphatic heterocycles. The zero-order valence-corrected chi connectivity index (χ0v) is 9.69. The molecule has 84 valence electrons. The predicted molar refractivity (Wildman–Crippen MR) is 62.2 cm³/mol. The number of fused-ring (bicyclic) bond motifs is 1. The molecule has 0 spiro atoms. The van der Waals surface area contributed by atoms with Crippen molar-refractivity contribution in [2.24, 2.45) is 0 Å². The van der Waals surface area contributed by atoms with E-state index in [1.165, 1.54) is 23.3 Å². The van der Waals surface area contributed by atoms with Crippen LogP contribution in [0.5, 0.6) is 0 Å². The van der Waals surface area contributed by atoms with Crippen LogP contribution in [0.3, 0.4) is 0 Å². The van der Waals surface area contributed by atoms with E-state index in [1.54, 1.807) is 0 Å². The van der Waals surface area contributed by atoms with Gasteiger partial charge in [0.25, 0.3) is 0 Å². The summed E-state index contributed by atoms with van der Waals surface area (Å²) in [4.78, 5) is 15.0. The van der Waals surface area contributed by atoms with Gasteiger partial charge in [-0.3, -0.25) is 0 Å². The maximum atomic E-state index is 11.5. The molecule has 1 aliphatic rings. The third-order valence-electron chi connectivity index (χ3n) is 2.66. The lowest BCUT2D eigenvalue weighted by atomic mass is 10.0. The van der Waals surface area contributed by atoms with E-state index in [9.17, 15) is 4.79 Å². The number of carbonyl (C=O) groups is 1. The van der Waals surface area contributed by atoms with Gasteiger partial charge in [0.1, 0.15) is 5.00 Å². The Morgan fingerprint density at radius 3 is 3.07 bits per heavy atom. The zero-order chi connectivity index (χ0) is 11.0. The summed E-state index contributed by atoms with van der Waals surface area (Å²) in [6.07, 6.45) is 0.879. The van der Waals surface area contributed by atoms with Crippen LogP contribution in [0.1, 0.15) is 22.2 Å². The third-order valence-corrected chi connectivity index (χ3v) is 3.71. The molecule has 0 atom stereocenters. The molecule has 0 radical (unpaired) electrons. The van der Waals surface area contributed by atoms with E-state index in [4.69, 9.17) is 10.5 Å². The van der Waals surface area contributed by atoms with Gasteiger partial charge in [-0.25, -0.2) is 4.79 Å². The quantitative estimate of drug-likeness (QED) is 0.737. The maximum Gasteiger partial charge on any atom is 0.341 e. The molecular formula is C10H16N2O2S. The number of carbonyl (C=O) groups excluding carboxylic acids is 1. The molecule has 0 saturated heterocycles. The van der Waals surface area contributed by atoms with Crippen molar-refractivity contribution in [1.82, 2.24) is 4.90 Å². The van der Waals surface area contributed by atoms with Gasteiger partial charge in [-0.1, -0.05) is 0 Å². The summed E-state index contributed by atoms with van der Waals surface area (Å²) in [6.45, 7) is 1.84. The first kappa shape index (κ1) is 10.4. The van der Waals surface area contributed by atoms with Crippen LogP contribution in [-0.4, -0.2) is 31.6 Å². The Morgan fingerprint density at radius 2 is 2.40 bits per heavy atom. The topological polar surface area (TPSA) is 55.6 Å². The fourth-order valence-electron chi connectivity index (χ4n) is 1.88. The fourth-order valence-corrected chi connectivity index (χ4v) is 3.06. The molecule has 0 saturated carbocycles. The second-order valence-electron chi connectivity index (χ2n) is 3.72. The lowest BCUT2D eigenvalue weighted by Gasteiger charge is -2.22. The predicted octanol–water partition coefficient (Wildman–Crippen LogP) is 1.35. The molecule has 4 nitrogen and oxygen atoms in total. The minimum atomic E-state index is -0.311. The SMILES string of the molecule is COC(=O)c1c(N)sc2c1CCN(C)C2.[HH]. The minimum absolute atomic E-state index is 0. The van der Waals surface area contributed by atoms with Crippen molar-refractivity contribution in [2.75, 3.05) is 26.4 Å². The number of rotatable bonds is 1. The number of hydrogen-bond donors (Lipinski definition) is 1. The van der Waals surface area contributed by atoms with E-state index < -0.39 is 0 Å². The largest absolute Gasteiger partial charge is 0.465 e. The maximum absolute atomic E-state index is 11.5. The number of likely N-dealkylation sites (N-methyl/N-ethyl adjacent to an activating group) is 1. The van der Waals surface area contributed by atoms with Crippen LogP contribution < -0.4 is 5.73 Å². The van der Waals surface area contributed by atoms with Gasteiger partial charge >= 0.3 is 5.97 Å². The molecule has 2 N–H and O–H groups in total. The van der Waals surface area contributed by atoms with Crippen LogP contribution in [0.15, 0.2) is 0 Å². The highest BCUT2D eigenvalue weighted by Crippen LogP contribution is 2.34. The Labute approximate surface area is 94.1 Å². The molecular weight excluding hydrogens is 212 g/mol. The van der Waals surface area contributed by atoms with E-state index in [1.807, 2.05) is 0 Å². The van der Waals surface area contributed by atoms with E-state index in [2.05, 4.69) is 11.9 Å². The highest BCUT2D eigenvalue weighted by atomic mass is 32.1. The molecule has 1 aromatic rings. The highest BCUT2D eigenvalue weighted by Gasteiger charge is 2.25. The molecule has 0 amide bonds. The molecule has 15 heavy (non-hydrogen) atoms. The molecule has 1 aromatic heterocycles. The second-order valence-corrected chi connectivity index (χ2v) is 4.86. The van der Waals surface area contributed by atoms with E-state index in [0.717, 1.165) is 25.1 Å². The Bertz CT molecular complexity index is 406. The lowest BCUT2D eigenvalue weighted by molar-refractivity contribution is 0.0600. The average Bonchev–Trinajstić information content (AvgIpc) is 2.52. The van der Waals surface area contributed by atoms with Crippen molar-refractivity contribution in [3.63, 3.8) is 0 Å². The van der Waals surface area contributed by atoms with Crippen molar-refractivity contribution >= 4 is 22.3 Å². The summed E-state index contributed by atoms with van der Waals surface area (Å²) in [7, 11) is 3.46. The van der Waals surface area contributed by atoms with Gasteiger partial charge in [0.15, 0.2) is 0 Å². The Morgan fingerprint density at radius 1 is 1.67 bits per heavy atom. The number of nitrogens with zero attached hydrogens (tertiary/aromatic N) is 1. The van der Waals surface area contributed by atoms with Crippen molar-refractivity contribution in [3.05, 3.63) is 16.0 Å². The Kier molecular flexibility index (Phi) is 2.67. The van der Waals surface area contributed by atoms with Gasteiger partial charge in [-0.2, -0.15) is 0 Å². The van der Waals surface area contributed by atoms with Gasteiger partial charge in [0, 0.05) is 19.4 Å². The lowest BCUT2D eigenvalue weighted by Crippen LogP contribution is -2.26. The van der Waals surface area contributed by atoms with Gasteiger partial charge < -0.3 is 15.4 Å². The Balaban J connectivity index is 0.00000128. The number of methoxy groups -OCH3 is 1. The van der Waals surface area contributed by atoms with Gasteiger partial charge in [0.2, 0.25) is 0 Å². The van der Waals surface area contributed by atoms with Crippen molar-refractivity contribution in [3.8, 4) is 0 Å². The molecule has 0 fully saturated rings. The highest BCUT2D eigenvalue weighted by molar-refractivity contribution is 7.16. The number of esters is 1. The number of thiophene rings is 1. The third kappa shape index (κ3) is 1.72. The average molecular weight is 228 g/mol. The monoisotopic (exact) mass is 228 g/mol. The first-order chi connectivity index (χ1) is 7.13. The number of nitrogens with two attached hydrogens (primary N) is 1. The normalized spacial score (nSPS) is 16.1. The van der Waals surface area contributed by atoms with Crippen LogP contribution in [0.4, 0.5) is 5.00 Å². The summed E-state index contributed by atoms with van der Waals surface area (Å²) in [5.74, 6) is -0.311. The van der Waals surface area contributed by atoms with Crippen LogP contribution in [-0.2, 0) is 17.7 Å². The van der Waals surface area contributed by atoms with Crippen LogP contribution >= 0.6 is 11.3 Å². The van der Waals surface area contributed by atoms with Crippen LogP contribution in [0.25, 0.3) is 0 Å². The molecule has 0 aromatic carbocycles. The van der Waals surface area contributed by atoms with Crippen molar-refractivity contribution < 1.29 is 11.0 Å². The molecule has 0 aliphatic carbocycles. The number of nitrogen functional groups attached to an aromatic ring is 1. The van der Waals surface area contributed by atoms with E-state index in [0.29, 0.717) is 10.6 Å². The molecule has 0 bridgehead atoms. The summed E-state index contributed by atoms with van der Waals surface area (Å²) < 4.78 is 4.74. The standard InChI is InChI=1S/C10H14N2O2S.H2/c1-12-4-3-6-7(5-12)15-9(11)8(6)10(13)14-2;/h3-5,11H2,1-2H3;1H. The first-order valence-electron chi connectivity index (χ1n) is 4.80. The molecule has 2 rings (SSSR count). The summed E-state index contributed by atoms with van der Waals surface area (Å²) in [5.41, 5.74) is 7.52. The first-order valence-corrected chi connectivity index (χ1v) is 5.62. The van der Waals surface area contributed by atoms with Gasteiger partial charge in [-0.05, 0) is 19.0 Å². The zero-order valence-electron chi connectivity index (χ0n) is 8.87. The smallest absolute Gasteiger partial charge is 0.341 e. The molecule has 5 heteroatoms. The molecule has 0 unspecified atom stereocenters.